The Bertz CT molecular complexity index is 324. The summed E-state index contributed by atoms with van der Waals surface area (Å²) < 4.78 is 0. The topological polar surface area (TPSA) is 0 Å². The molecule has 0 amide bonds. The van der Waals surface area contributed by atoms with Crippen molar-refractivity contribution < 1.29 is 0 Å². The molecule has 0 nitrogen and oxygen atoms in total. The molecule has 0 aromatic rings. The fraction of sp³-hybridized carbons (Fsp3) is 1.00. The molecular formula is C32H70P2+2. The first-order valence-electron chi connectivity index (χ1n) is 16.3. The quantitative estimate of drug-likeness (QED) is 0.0752. The number of unbranched alkanes of at least 4 members (excludes halogenated alkanes) is 11. The van der Waals surface area contributed by atoms with Gasteiger partial charge in [-0.15, -0.1) is 0 Å². The van der Waals surface area contributed by atoms with Gasteiger partial charge in [-0.05, 0) is 64.2 Å². The van der Waals surface area contributed by atoms with Crippen molar-refractivity contribution in [1.82, 2.24) is 0 Å². The van der Waals surface area contributed by atoms with Crippen molar-refractivity contribution in [3.63, 3.8) is 0 Å². The second-order valence-corrected chi connectivity index (χ2v) is 20.7. The van der Waals surface area contributed by atoms with E-state index in [-0.39, 0.29) is 0 Å². The summed E-state index contributed by atoms with van der Waals surface area (Å²) in [6, 6.07) is 0. The lowest BCUT2D eigenvalue weighted by Gasteiger charge is -2.28. The minimum absolute atomic E-state index is 0.657. The van der Waals surface area contributed by atoms with Crippen molar-refractivity contribution in [3.8, 4) is 0 Å². The predicted molar refractivity (Wildman–Crippen MR) is 170 cm³/mol. The Morgan fingerprint density at radius 1 is 0.235 bits per heavy atom. The summed E-state index contributed by atoms with van der Waals surface area (Å²) in [5.74, 6) is 0. The van der Waals surface area contributed by atoms with Crippen molar-refractivity contribution in [3.05, 3.63) is 0 Å². The van der Waals surface area contributed by atoms with Crippen LogP contribution in [-0.4, -0.2) is 49.3 Å². The normalized spacial score (nSPS) is 12.5. The molecule has 0 radical (unpaired) electrons. The summed E-state index contributed by atoms with van der Waals surface area (Å²) in [4.78, 5) is 0. The van der Waals surface area contributed by atoms with Crippen LogP contribution in [-0.2, 0) is 0 Å². The summed E-state index contributed by atoms with van der Waals surface area (Å²) in [6.07, 6.45) is 39.5. The highest BCUT2D eigenvalue weighted by Gasteiger charge is 2.35. The van der Waals surface area contributed by atoms with Gasteiger partial charge in [0.15, 0.2) is 0 Å². The SMILES string of the molecule is CCCC[P+](CCCC)(CCCC)CCCCCCCC[P+](CCCC)(CCCC)CCCC. The van der Waals surface area contributed by atoms with Gasteiger partial charge in [-0.2, -0.15) is 0 Å². The molecule has 0 aliphatic heterocycles. The molecule has 0 aliphatic carbocycles. The maximum absolute atomic E-state index is 2.40. The molecule has 0 bridgehead atoms. The van der Waals surface area contributed by atoms with E-state index in [1.165, 1.54) is 103 Å². The zero-order valence-electron chi connectivity index (χ0n) is 25.3. The van der Waals surface area contributed by atoms with Crippen molar-refractivity contribution >= 4 is 14.5 Å². The zero-order chi connectivity index (χ0) is 25.4. The average Bonchev–Trinajstić information content (AvgIpc) is 2.86. The lowest BCUT2D eigenvalue weighted by Crippen LogP contribution is -2.13. The lowest BCUT2D eigenvalue weighted by atomic mass is 10.1. The van der Waals surface area contributed by atoms with E-state index in [9.17, 15) is 0 Å². The maximum Gasteiger partial charge on any atom is 0.0594 e. The predicted octanol–water partition coefficient (Wildman–Crippen LogP) is 12.2. The Morgan fingerprint density at radius 3 is 0.618 bits per heavy atom. The van der Waals surface area contributed by atoms with Gasteiger partial charge in [-0.25, -0.2) is 0 Å². The zero-order valence-corrected chi connectivity index (χ0v) is 27.1. The number of hydrogen-bond acceptors (Lipinski definition) is 0. The molecule has 0 heterocycles. The molecule has 0 aliphatic rings. The van der Waals surface area contributed by atoms with E-state index in [1.54, 1.807) is 62.1 Å². The second-order valence-electron chi connectivity index (χ2n) is 11.7. The molecule has 0 spiro atoms. The smallest absolute Gasteiger partial charge is 0.0594 e. The summed E-state index contributed by atoms with van der Waals surface area (Å²) in [7, 11) is -1.31. The molecule has 0 rings (SSSR count). The second kappa shape index (κ2) is 24.2. The Kier molecular flexibility index (Phi) is 24.8. The molecule has 0 N–H and O–H groups in total. The van der Waals surface area contributed by atoms with Crippen molar-refractivity contribution in [2.75, 3.05) is 49.3 Å². The van der Waals surface area contributed by atoms with Crippen LogP contribution in [0.5, 0.6) is 0 Å². The fourth-order valence-electron chi connectivity index (χ4n) is 5.90. The van der Waals surface area contributed by atoms with Gasteiger partial charge < -0.3 is 0 Å². The standard InChI is InChI=1S/C32H70P2/c1-7-13-25-33(26-14-8-2,27-15-9-3)31-23-21-19-20-22-24-32-34(28-16-10-4,29-17-11-5)30-18-12-6/h7-32H2,1-6H3/q+2. The van der Waals surface area contributed by atoms with Gasteiger partial charge in [-0.3, -0.25) is 0 Å². The van der Waals surface area contributed by atoms with Gasteiger partial charge in [0.1, 0.15) is 0 Å². The van der Waals surface area contributed by atoms with Crippen molar-refractivity contribution in [1.29, 1.82) is 0 Å². The highest BCUT2D eigenvalue weighted by molar-refractivity contribution is 7.76. The average molecular weight is 517 g/mol. The Labute approximate surface area is 220 Å². The molecule has 0 saturated carbocycles. The molecular weight excluding hydrogens is 446 g/mol. The monoisotopic (exact) mass is 516 g/mol. The van der Waals surface area contributed by atoms with E-state index < -0.39 is 14.5 Å². The summed E-state index contributed by atoms with van der Waals surface area (Å²) in [5, 5.41) is 0. The van der Waals surface area contributed by atoms with Crippen LogP contribution >= 0.6 is 14.5 Å². The highest BCUT2D eigenvalue weighted by Crippen LogP contribution is 2.62. The van der Waals surface area contributed by atoms with E-state index >= 15 is 0 Å². The van der Waals surface area contributed by atoms with Crippen LogP contribution < -0.4 is 0 Å². The third kappa shape index (κ3) is 17.3. The minimum Gasteiger partial charge on any atom is -0.0652 e. The van der Waals surface area contributed by atoms with Gasteiger partial charge in [0.25, 0.3) is 0 Å². The van der Waals surface area contributed by atoms with E-state index in [1.807, 2.05) is 0 Å². The van der Waals surface area contributed by atoms with Crippen molar-refractivity contribution in [2.24, 2.45) is 0 Å². The summed E-state index contributed by atoms with van der Waals surface area (Å²) in [5.41, 5.74) is 0. The van der Waals surface area contributed by atoms with Gasteiger partial charge >= 0.3 is 0 Å². The van der Waals surface area contributed by atoms with Gasteiger partial charge in [-0.1, -0.05) is 92.9 Å². The van der Waals surface area contributed by atoms with Crippen LogP contribution in [0.2, 0.25) is 0 Å². The fourth-order valence-corrected chi connectivity index (χ4v) is 16.3. The molecule has 2 heteroatoms. The lowest BCUT2D eigenvalue weighted by molar-refractivity contribution is 0.624. The molecule has 34 heavy (non-hydrogen) atoms. The third-order valence-corrected chi connectivity index (χ3v) is 18.6. The van der Waals surface area contributed by atoms with Gasteiger partial charge in [0.2, 0.25) is 0 Å². The van der Waals surface area contributed by atoms with Crippen LogP contribution in [0.4, 0.5) is 0 Å². The first-order valence-corrected chi connectivity index (χ1v) is 21.3. The number of hydrogen-bond donors (Lipinski definition) is 0. The molecule has 0 atom stereocenters. The van der Waals surface area contributed by atoms with Crippen LogP contribution in [0.25, 0.3) is 0 Å². The largest absolute Gasteiger partial charge is 0.0652 e. The van der Waals surface area contributed by atoms with Crippen LogP contribution in [0.15, 0.2) is 0 Å². The van der Waals surface area contributed by atoms with Gasteiger partial charge in [0, 0.05) is 14.5 Å². The van der Waals surface area contributed by atoms with E-state index in [0.717, 1.165) is 0 Å². The maximum atomic E-state index is 2.40. The van der Waals surface area contributed by atoms with Crippen LogP contribution in [0.3, 0.4) is 0 Å². The highest BCUT2D eigenvalue weighted by atomic mass is 31.2. The van der Waals surface area contributed by atoms with Crippen LogP contribution in [0, 0.1) is 0 Å². The van der Waals surface area contributed by atoms with E-state index in [2.05, 4.69) is 41.5 Å². The molecule has 0 aromatic carbocycles. The molecule has 206 valence electrons. The first-order chi connectivity index (χ1) is 16.6. The Hall–Kier alpha value is 0.860. The molecule has 0 aromatic heterocycles. The summed E-state index contributed by atoms with van der Waals surface area (Å²) >= 11 is 0. The number of rotatable bonds is 27. The van der Waals surface area contributed by atoms with E-state index in [4.69, 9.17) is 0 Å². The Morgan fingerprint density at radius 2 is 0.412 bits per heavy atom. The third-order valence-electron chi connectivity index (χ3n) is 8.43. The summed E-state index contributed by atoms with van der Waals surface area (Å²) in [6.45, 7) is 14.4. The van der Waals surface area contributed by atoms with Gasteiger partial charge in [0.05, 0.1) is 49.3 Å². The van der Waals surface area contributed by atoms with E-state index in [0.29, 0.717) is 0 Å². The molecule has 0 saturated heterocycles. The first kappa shape index (κ1) is 34.9. The van der Waals surface area contributed by atoms with Crippen molar-refractivity contribution in [2.45, 2.75) is 157 Å². The van der Waals surface area contributed by atoms with Crippen LogP contribution in [0.1, 0.15) is 157 Å². The molecule has 0 fully saturated rings. The molecule has 0 unspecified atom stereocenters. The Balaban J connectivity index is 4.49. The minimum atomic E-state index is -0.657.